The topological polar surface area (TPSA) is 86.5 Å². The van der Waals surface area contributed by atoms with E-state index in [1.54, 1.807) is 18.6 Å². The highest BCUT2D eigenvalue weighted by Gasteiger charge is 2.13. The molecule has 0 atom stereocenters. The normalized spacial score (nSPS) is 11.1. The maximum absolute atomic E-state index is 12.7. The van der Waals surface area contributed by atoms with Crippen LogP contribution in [0.25, 0.3) is 33.3 Å². The highest BCUT2D eigenvalue weighted by molar-refractivity contribution is 6.11. The Balaban J connectivity index is 1.47. The van der Waals surface area contributed by atoms with Gasteiger partial charge in [-0.05, 0) is 29.8 Å². The number of rotatable bonds is 3. The van der Waals surface area contributed by atoms with Crippen LogP contribution in [0.5, 0.6) is 0 Å². The number of hydrogen-bond acceptors (Lipinski definition) is 3. The van der Waals surface area contributed by atoms with Gasteiger partial charge in [-0.2, -0.15) is 0 Å². The summed E-state index contributed by atoms with van der Waals surface area (Å²) in [7, 11) is 0. The Labute approximate surface area is 154 Å². The van der Waals surface area contributed by atoms with Gasteiger partial charge in [-0.15, -0.1) is 0 Å². The minimum Gasteiger partial charge on any atom is -0.345 e. The number of aromatic amines is 2. The molecular formula is C21H15N5O. The van der Waals surface area contributed by atoms with Crippen LogP contribution >= 0.6 is 0 Å². The summed E-state index contributed by atoms with van der Waals surface area (Å²) in [4.78, 5) is 27.7. The minimum absolute atomic E-state index is 0.215. The number of anilines is 1. The van der Waals surface area contributed by atoms with Crippen molar-refractivity contribution in [3.05, 3.63) is 78.8 Å². The van der Waals surface area contributed by atoms with E-state index in [2.05, 4.69) is 25.3 Å². The molecule has 3 aromatic heterocycles. The summed E-state index contributed by atoms with van der Waals surface area (Å²) in [6.45, 7) is 0. The van der Waals surface area contributed by atoms with E-state index in [4.69, 9.17) is 0 Å². The zero-order valence-corrected chi connectivity index (χ0v) is 14.2. The van der Waals surface area contributed by atoms with Crippen molar-refractivity contribution in [2.45, 2.75) is 0 Å². The molecule has 0 bridgehead atoms. The molecule has 0 radical (unpaired) electrons. The zero-order chi connectivity index (χ0) is 18.2. The zero-order valence-electron chi connectivity index (χ0n) is 14.2. The third kappa shape index (κ3) is 2.73. The molecule has 0 unspecified atom stereocenters. The molecule has 5 rings (SSSR count). The summed E-state index contributed by atoms with van der Waals surface area (Å²) in [5, 5.41) is 3.85. The molecule has 27 heavy (non-hydrogen) atoms. The van der Waals surface area contributed by atoms with E-state index in [1.807, 2.05) is 54.6 Å². The maximum Gasteiger partial charge on any atom is 0.257 e. The molecule has 6 nitrogen and oxygen atoms in total. The Morgan fingerprint density at radius 1 is 0.963 bits per heavy atom. The highest BCUT2D eigenvalue weighted by Crippen LogP contribution is 2.25. The van der Waals surface area contributed by atoms with Crippen molar-refractivity contribution >= 4 is 33.7 Å². The lowest BCUT2D eigenvalue weighted by Crippen LogP contribution is -2.12. The molecule has 3 N–H and O–H groups in total. The van der Waals surface area contributed by atoms with Gasteiger partial charge in [0.1, 0.15) is 11.2 Å². The van der Waals surface area contributed by atoms with Crippen LogP contribution in [0.3, 0.4) is 0 Å². The van der Waals surface area contributed by atoms with Crippen LogP contribution in [0, 0.1) is 0 Å². The fourth-order valence-electron chi connectivity index (χ4n) is 3.20. The first-order valence-corrected chi connectivity index (χ1v) is 8.55. The third-order valence-corrected chi connectivity index (χ3v) is 4.51. The minimum atomic E-state index is -0.215. The van der Waals surface area contributed by atoms with E-state index in [1.165, 1.54) is 0 Å². The molecule has 0 aliphatic rings. The first-order chi connectivity index (χ1) is 13.3. The number of benzene rings is 2. The van der Waals surface area contributed by atoms with Gasteiger partial charge in [0, 0.05) is 11.1 Å². The lowest BCUT2D eigenvalue weighted by atomic mass is 10.1. The van der Waals surface area contributed by atoms with Crippen LogP contribution < -0.4 is 5.32 Å². The largest absolute Gasteiger partial charge is 0.345 e. The van der Waals surface area contributed by atoms with Crippen LogP contribution in [-0.4, -0.2) is 25.8 Å². The van der Waals surface area contributed by atoms with E-state index in [0.29, 0.717) is 16.8 Å². The van der Waals surface area contributed by atoms with E-state index >= 15 is 0 Å². The predicted molar refractivity (Wildman–Crippen MR) is 106 cm³/mol. The number of para-hydroxylation sites is 1. The predicted octanol–water partition coefficient (Wildman–Crippen LogP) is 4.36. The quantitative estimate of drug-likeness (QED) is 0.450. The number of nitrogens with zero attached hydrogens (tertiary/aromatic N) is 2. The summed E-state index contributed by atoms with van der Waals surface area (Å²) in [5.41, 5.74) is 5.49. The molecule has 1 amide bonds. The Morgan fingerprint density at radius 3 is 2.74 bits per heavy atom. The fraction of sp³-hybridized carbons (Fsp3) is 0. The molecule has 0 spiro atoms. The Kier molecular flexibility index (Phi) is 3.47. The summed E-state index contributed by atoms with van der Waals surface area (Å²) in [5.74, 6) is -0.215. The number of H-pyrrole nitrogens is 2. The lowest BCUT2D eigenvalue weighted by Gasteiger charge is -2.05. The van der Waals surface area contributed by atoms with Crippen LogP contribution in [0.1, 0.15) is 10.4 Å². The van der Waals surface area contributed by atoms with Gasteiger partial charge in [-0.25, -0.2) is 9.97 Å². The summed E-state index contributed by atoms with van der Waals surface area (Å²) in [6, 6.07) is 19.5. The number of pyridine rings is 1. The Hall–Kier alpha value is -3.93. The first kappa shape index (κ1) is 15.3. The van der Waals surface area contributed by atoms with Crippen molar-refractivity contribution in [3.8, 4) is 11.3 Å². The second kappa shape index (κ2) is 6.10. The van der Waals surface area contributed by atoms with Crippen molar-refractivity contribution in [2.24, 2.45) is 0 Å². The fourth-order valence-corrected chi connectivity index (χ4v) is 3.20. The van der Waals surface area contributed by atoms with Crippen LogP contribution in [0.15, 0.2) is 73.2 Å². The number of aromatic nitrogens is 4. The van der Waals surface area contributed by atoms with Crippen LogP contribution in [0.2, 0.25) is 0 Å². The number of imidazole rings is 1. The average molecular weight is 353 g/mol. The van der Waals surface area contributed by atoms with Gasteiger partial charge in [0.2, 0.25) is 0 Å². The smallest absolute Gasteiger partial charge is 0.257 e. The van der Waals surface area contributed by atoms with Crippen molar-refractivity contribution in [2.75, 3.05) is 5.32 Å². The van der Waals surface area contributed by atoms with Crippen molar-refractivity contribution in [1.82, 2.24) is 19.9 Å². The van der Waals surface area contributed by atoms with Crippen molar-refractivity contribution < 1.29 is 4.79 Å². The average Bonchev–Trinajstić information content (AvgIpc) is 3.34. The van der Waals surface area contributed by atoms with Crippen molar-refractivity contribution in [3.63, 3.8) is 0 Å². The van der Waals surface area contributed by atoms with Gasteiger partial charge >= 0.3 is 0 Å². The number of fused-ring (bicyclic) bond motifs is 2. The third-order valence-electron chi connectivity index (χ3n) is 4.51. The van der Waals surface area contributed by atoms with Crippen LogP contribution in [0.4, 0.5) is 5.69 Å². The molecule has 3 heterocycles. The van der Waals surface area contributed by atoms with E-state index < -0.39 is 0 Å². The lowest BCUT2D eigenvalue weighted by molar-refractivity contribution is 0.102. The number of carbonyl (C=O) groups is 1. The maximum atomic E-state index is 12.7. The summed E-state index contributed by atoms with van der Waals surface area (Å²) >= 11 is 0. The molecule has 0 aliphatic heterocycles. The molecule has 0 saturated carbocycles. The van der Waals surface area contributed by atoms with Crippen molar-refractivity contribution in [1.29, 1.82) is 0 Å². The number of nitrogens with one attached hydrogen (secondary N) is 3. The van der Waals surface area contributed by atoms with Gasteiger partial charge in [0.25, 0.3) is 5.91 Å². The van der Waals surface area contributed by atoms with Gasteiger partial charge in [0.05, 0.1) is 29.3 Å². The van der Waals surface area contributed by atoms with E-state index in [-0.39, 0.29) is 5.91 Å². The first-order valence-electron chi connectivity index (χ1n) is 8.55. The van der Waals surface area contributed by atoms with E-state index in [0.717, 1.165) is 27.8 Å². The number of amides is 1. The van der Waals surface area contributed by atoms with Gasteiger partial charge < -0.3 is 15.3 Å². The second-order valence-electron chi connectivity index (χ2n) is 6.27. The van der Waals surface area contributed by atoms with Gasteiger partial charge in [-0.3, -0.25) is 4.79 Å². The Bertz CT molecular complexity index is 1270. The van der Waals surface area contributed by atoms with E-state index in [9.17, 15) is 4.79 Å². The number of carbonyl (C=O) groups excluding carboxylic acids is 1. The molecular weight excluding hydrogens is 338 g/mol. The van der Waals surface area contributed by atoms with Gasteiger partial charge in [-0.1, -0.05) is 36.4 Å². The van der Waals surface area contributed by atoms with Crippen LogP contribution in [-0.2, 0) is 0 Å². The highest BCUT2D eigenvalue weighted by atomic mass is 16.1. The summed E-state index contributed by atoms with van der Waals surface area (Å²) < 4.78 is 0. The van der Waals surface area contributed by atoms with Gasteiger partial charge in [0.15, 0.2) is 0 Å². The SMILES string of the molecule is O=C(Nc1cnc2[nH]c(-c3ccccc3)cc2c1)c1cccc2[nH]cnc12. The monoisotopic (exact) mass is 353 g/mol. The Morgan fingerprint density at radius 2 is 1.85 bits per heavy atom. The molecule has 5 aromatic rings. The molecule has 2 aromatic carbocycles. The second-order valence-corrected chi connectivity index (χ2v) is 6.27. The standard InChI is InChI=1S/C21H15N5O/c27-21(16-7-4-8-17-19(16)24-12-23-17)25-15-9-14-10-18(26-20(14)22-11-15)13-5-2-1-3-6-13/h1-12H,(H,22,26)(H,23,24)(H,25,27). The summed E-state index contributed by atoms with van der Waals surface area (Å²) in [6.07, 6.45) is 3.23. The number of hydrogen-bond donors (Lipinski definition) is 3. The molecule has 0 aliphatic carbocycles. The molecule has 0 fully saturated rings. The molecule has 6 heteroatoms. The molecule has 130 valence electrons. The molecule has 0 saturated heterocycles.